The van der Waals surface area contributed by atoms with Crippen LogP contribution in [0.1, 0.15) is 20.8 Å². The fraction of sp³-hybridized carbons (Fsp3) is 0.0800. The molecule has 0 atom stereocenters. The molecule has 0 unspecified atom stereocenters. The third kappa shape index (κ3) is 5.26. The summed E-state index contributed by atoms with van der Waals surface area (Å²) in [5.41, 5.74) is 0.947. The lowest BCUT2D eigenvalue weighted by Crippen LogP contribution is -2.18. The standard InChI is InChI=1S/C25H19F2N3O4/c1-28-24(32)22-14-19(10-11-29-22)33-18-8-9-20-15(12-18)4-2-7-21(20)23(31)30-16-5-3-6-17(13-16)34-25(26)27/h2-14,25H,1H3,(H,28,32)(H,30,31). The molecule has 0 aliphatic heterocycles. The zero-order valence-corrected chi connectivity index (χ0v) is 17.9. The Labute approximate surface area is 193 Å². The minimum Gasteiger partial charge on any atom is -0.457 e. The lowest BCUT2D eigenvalue weighted by atomic mass is 10.0. The van der Waals surface area contributed by atoms with Crippen molar-refractivity contribution in [3.05, 3.63) is 90.3 Å². The summed E-state index contributed by atoms with van der Waals surface area (Å²) < 4.78 is 35.2. The summed E-state index contributed by atoms with van der Waals surface area (Å²) in [5, 5.41) is 6.63. The Balaban J connectivity index is 1.56. The number of carbonyl (C=O) groups excluding carboxylic acids is 2. The molecule has 2 N–H and O–H groups in total. The molecule has 1 heterocycles. The van der Waals surface area contributed by atoms with E-state index in [0.29, 0.717) is 28.1 Å². The molecule has 0 saturated heterocycles. The molecule has 0 bridgehead atoms. The van der Waals surface area contributed by atoms with E-state index in [-0.39, 0.29) is 17.4 Å². The number of rotatable bonds is 7. The molecule has 2 amide bonds. The fourth-order valence-corrected chi connectivity index (χ4v) is 3.33. The molecular formula is C25H19F2N3O4. The van der Waals surface area contributed by atoms with Gasteiger partial charge in [0.25, 0.3) is 11.8 Å². The summed E-state index contributed by atoms with van der Waals surface area (Å²) in [7, 11) is 1.52. The van der Waals surface area contributed by atoms with Gasteiger partial charge in [0.15, 0.2) is 0 Å². The van der Waals surface area contributed by atoms with Crippen molar-refractivity contribution in [2.45, 2.75) is 6.61 Å². The molecule has 4 aromatic rings. The number of nitrogens with zero attached hydrogens (tertiary/aromatic N) is 1. The van der Waals surface area contributed by atoms with Crippen LogP contribution in [0.5, 0.6) is 17.2 Å². The average molecular weight is 463 g/mol. The molecule has 4 rings (SSSR count). The number of pyridine rings is 1. The first-order valence-corrected chi connectivity index (χ1v) is 10.2. The van der Waals surface area contributed by atoms with Crippen molar-refractivity contribution >= 4 is 28.3 Å². The minimum atomic E-state index is -2.96. The highest BCUT2D eigenvalue weighted by Gasteiger charge is 2.13. The minimum absolute atomic E-state index is 0.0526. The highest BCUT2D eigenvalue weighted by molar-refractivity contribution is 6.13. The lowest BCUT2D eigenvalue weighted by molar-refractivity contribution is -0.0498. The number of alkyl halides is 2. The number of anilines is 1. The van der Waals surface area contributed by atoms with Crippen molar-refractivity contribution in [1.29, 1.82) is 0 Å². The number of hydrogen-bond acceptors (Lipinski definition) is 5. The molecule has 172 valence electrons. The average Bonchev–Trinajstić information content (AvgIpc) is 2.83. The Kier molecular flexibility index (Phi) is 6.63. The van der Waals surface area contributed by atoms with E-state index in [1.807, 2.05) is 6.07 Å². The number of halogens is 2. The topological polar surface area (TPSA) is 89.5 Å². The van der Waals surface area contributed by atoms with Gasteiger partial charge in [0.1, 0.15) is 22.9 Å². The number of amides is 2. The number of ether oxygens (including phenoxy) is 2. The van der Waals surface area contributed by atoms with Gasteiger partial charge < -0.3 is 20.1 Å². The highest BCUT2D eigenvalue weighted by atomic mass is 19.3. The van der Waals surface area contributed by atoms with Crippen molar-refractivity contribution < 1.29 is 27.8 Å². The van der Waals surface area contributed by atoms with Crippen LogP contribution in [-0.2, 0) is 0 Å². The first-order chi connectivity index (χ1) is 16.4. The van der Waals surface area contributed by atoms with Crippen LogP contribution < -0.4 is 20.1 Å². The van der Waals surface area contributed by atoms with Crippen LogP contribution >= 0.6 is 0 Å². The third-order valence-electron chi connectivity index (χ3n) is 4.84. The summed E-state index contributed by atoms with van der Waals surface area (Å²) in [5.74, 6) is 0.163. The number of nitrogens with one attached hydrogen (secondary N) is 2. The number of benzene rings is 3. The third-order valence-corrected chi connectivity index (χ3v) is 4.84. The van der Waals surface area contributed by atoms with Gasteiger partial charge in [-0.1, -0.05) is 18.2 Å². The van der Waals surface area contributed by atoms with Crippen molar-refractivity contribution in [2.75, 3.05) is 12.4 Å². The largest absolute Gasteiger partial charge is 0.457 e. The molecule has 0 saturated carbocycles. The Hall–Kier alpha value is -4.53. The van der Waals surface area contributed by atoms with E-state index in [9.17, 15) is 18.4 Å². The molecule has 1 aromatic heterocycles. The van der Waals surface area contributed by atoms with Gasteiger partial charge in [0.2, 0.25) is 0 Å². The maximum atomic E-state index is 12.9. The molecule has 9 heteroatoms. The van der Waals surface area contributed by atoms with Crippen LogP contribution in [-0.4, -0.2) is 30.5 Å². The van der Waals surface area contributed by atoms with Gasteiger partial charge >= 0.3 is 6.61 Å². The van der Waals surface area contributed by atoms with Gasteiger partial charge in [-0.2, -0.15) is 8.78 Å². The Morgan fingerprint density at radius 3 is 2.47 bits per heavy atom. The van der Waals surface area contributed by atoms with Crippen molar-refractivity contribution in [3.63, 3.8) is 0 Å². The van der Waals surface area contributed by atoms with Gasteiger partial charge in [-0.05, 0) is 53.2 Å². The summed E-state index contributed by atoms with van der Waals surface area (Å²) in [6.45, 7) is -2.96. The van der Waals surface area contributed by atoms with Gasteiger partial charge in [-0.15, -0.1) is 0 Å². The van der Waals surface area contributed by atoms with Gasteiger partial charge in [0.05, 0.1) is 0 Å². The van der Waals surface area contributed by atoms with Crippen LogP contribution in [0.4, 0.5) is 14.5 Å². The molecule has 0 aliphatic carbocycles. The Bertz CT molecular complexity index is 1360. The molecule has 0 spiro atoms. The monoisotopic (exact) mass is 463 g/mol. The molecule has 0 aliphatic rings. The maximum Gasteiger partial charge on any atom is 0.387 e. The predicted molar refractivity (Wildman–Crippen MR) is 123 cm³/mol. The van der Waals surface area contributed by atoms with Gasteiger partial charge in [0, 0.05) is 36.6 Å². The van der Waals surface area contributed by atoms with Crippen molar-refractivity contribution in [1.82, 2.24) is 10.3 Å². The number of fused-ring (bicyclic) bond motifs is 1. The second-order valence-electron chi connectivity index (χ2n) is 7.11. The Morgan fingerprint density at radius 1 is 0.882 bits per heavy atom. The van der Waals surface area contributed by atoms with Crippen LogP contribution in [0, 0.1) is 0 Å². The predicted octanol–water partition coefficient (Wildman–Crippen LogP) is 5.24. The number of hydrogen-bond donors (Lipinski definition) is 2. The molecule has 7 nitrogen and oxygen atoms in total. The molecule has 34 heavy (non-hydrogen) atoms. The normalized spacial score (nSPS) is 10.7. The molecule has 0 radical (unpaired) electrons. The first-order valence-electron chi connectivity index (χ1n) is 10.2. The molecule has 3 aromatic carbocycles. The molecule has 0 fully saturated rings. The zero-order chi connectivity index (χ0) is 24.1. The van der Waals surface area contributed by atoms with E-state index in [1.54, 1.807) is 42.5 Å². The number of aromatic nitrogens is 1. The van der Waals surface area contributed by atoms with Crippen LogP contribution in [0.25, 0.3) is 10.8 Å². The quantitative estimate of drug-likeness (QED) is 0.391. The van der Waals surface area contributed by atoms with Crippen LogP contribution in [0.2, 0.25) is 0 Å². The number of carbonyl (C=O) groups is 2. The lowest BCUT2D eigenvalue weighted by Gasteiger charge is -2.11. The summed E-state index contributed by atoms with van der Waals surface area (Å²) in [4.78, 5) is 28.7. The van der Waals surface area contributed by atoms with E-state index in [0.717, 1.165) is 5.39 Å². The second kappa shape index (κ2) is 9.95. The second-order valence-corrected chi connectivity index (χ2v) is 7.11. The SMILES string of the molecule is CNC(=O)c1cc(Oc2ccc3c(C(=O)Nc4cccc(OC(F)F)c4)cccc3c2)ccn1. The van der Waals surface area contributed by atoms with Crippen molar-refractivity contribution in [2.24, 2.45) is 0 Å². The first kappa shape index (κ1) is 22.7. The van der Waals surface area contributed by atoms with Gasteiger partial charge in [-0.25, -0.2) is 0 Å². The smallest absolute Gasteiger partial charge is 0.387 e. The van der Waals surface area contributed by atoms with E-state index in [4.69, 9.17) is 4.74 Å². The van der Waals surface area contributed by atoms with E-state index >= 15 is 0 Å². The Morgan fingerprint density at radius 2 is 1.68 bits per heavy atom. The summed E-state index contributed by atoms with van der Waals surface area (Å²) >= 11 is 0. The zero-order valence-electron chi connectivity index (χ0n) is 17.9. The fourth-order valence-electron chi connectivity index (χ4n) is 3.33. The summed E-state index contributed by atoms with van der Waals surface area (Å²) in [6, 6.07) is 19.4. The van der Waals surface area contributed by atoms with Gasteiger partial charge in [-0.3, -0.25) is 14.6 Å². The van der Waals surface area contributed by atoms with Crippen molar-refractivity contribution in [3.8, 4) is 17.2 Å². The highest BCUT2D eigenvalue weighted by Crippen LogP contribution is 2.28. The molecular weight excluding hydrogens is 444 g/mol. The van der Waals surface area contributed by atoms with Crippen LogP contribution in [0.15, 0.2) is 79.0 Å². The summed E-state index contributed by atoms with van der Waals surface area (Å²) in [6.07, 6.45) is 1.48. The van der Waals surface area contributed by atoms with Crippen LogP contribution in [0.3, 0.4) is 0 Å². The van der Waals surface area contributed by atoms with E-state index < -0.39 is 12.5 Å². The maximum absolute atomic E-state index is 12.9. The van der Waals surface area contributed by atoms with E-state index in [1.165, 1.54) is 37.5 Å². The van der Waals surface area contributed by atoms with E-state index in [2.05, 4.69) is 20.4 Å².